The Morgan fingerprint density at radius 3 is 2.48 bits per heavy atom. The van der Waals surface area contributed by atoms with Gasteiger partial charge >= 0.3 is 0 Å². The average molecular weight is 348 g/mol. The van der Waals surface area contributed by atoms with Crippen LogP contribution >= 0.6 is 15.9 Å². The zero-order chi connectivity index (χ0) is 15.0. The number of fused-ring (bicyclic) bond motifs is 1. The lowest BCUT2D eigenvalue weighted by Gasteiger charge is -2.19. The Morgan fingerprint density at radius 2 is 1.76 bits per heavy atom. The highest BCUT2D eigenvalue weighted by atomic mass is 79.9. The van der Waals surface area contributed by atoms with Crippen molar-refractivity contribution in [3.63, 3.8) is 0 Å². The SMILES string of the molecule is Cc1ccc(N)c(C(=O)c2cc3c(cc2Br)OCCO3)c1. The molecule has 1 aliphatic rings. The fourth-order valence-corrected chi connectivity index (χ4v) is 2.75. The predicted molar refractivity (Wildman–Crippen MR) is 84.2 cm³/mol. The molecule has 0 aromatic heterocycles. The van der Waals surface area contributed by atoms with E-state index in [2.05, 4.69) is 15.9 Å². The number of ether oxygens (including phenoxy) is 2. The Kier molecular flexibility index (Phi) is 3.59. The molecule has 1 aliphatic heterocycles. The van der Waals surface area contributed by atoms with Crippen molar-refractivity contribution in [1.29, 1.82) is 0 Å². The predicted octanol–water partition coefficient (Wildman–Crippen LogP) is 3.34. The summed E-state index contributed by atoms with van der Waals surface area (Å²) in [6, 6.07) is 8.87. The molecule has 0 radical (unpaired) electrons. The van der Waals surface area contributed by atoms with Crippen molar-refractivity contribution in [1.82, 2.24) is 0 Å². The molecule has 0 fully saturated rings. The van der Waals surface area contributed by atoms with Gasteiger partial charge in [-0.25, -0.2) is 0 Å². The number of rotatable bonds is 2. The molecule has 108 valence electrons. The summed E-state index contributed by atoms with van der Waals surface area (Å²) < 4.78 is 11.7. The molecule has 2 aromatic carbocycles. The number of anilines is 1. The molecule has 0 atom stereocenters. The van der Waals surface area contributed by atoms with Gasteiger partial charge in [-0.2, -0.15) is 0 Å². The first-order valence-corrected chi connectivity index (χ1v) is 7.35. The Bertz CT molecular complexity index is 728. The van der Waals surface area contributed by atoms with Crippen molar-refractivity contribution in [3.05, 3.63) is 51.5 Å². The molecule has 4 nitrogen and oxygen atoms in total. The lowest BCUT2D eigenvalue weighted by molar-refractivity contribution is 0.103. The summed E-state index contributed by atoms with van der Waals surface area (Å²) in [5, 5.41) is 0. The largest absolute Gasteiger partial charge is 0.486 e. The van der Waals surface area contributed by atoms with Crippen LogP contribution in [0.3, 0.4) is 0 Å². The van der Waals surface area contributed by atoms with Crippen molar-refractivity contribution in [2.45, 2.75) is 6.92 Å². The zero-order valence-electron chi connectivity index (χ0n) is 11.5. The van der Waals surface area contributed by atoms with Crippen LogP contribution in [0.15, 0.2) is 34.8 Å². The quantitative estimate of drug-likeness (QED) is 0.668. The second-order valence-electron chi connectivity index (χ2n) is 4.90. The number of halogens is 1. The van der Waals surface area contributed by atoms with Gasteiger partial charge in [-0.15, -0.1) is 0 Å². The Labute approximate surface area is 131 Å². The first kappa shape index (κ1) is 13.9. The summed E-state index contributed by atoms with van der Waals surface area (Å²) in [4.78, 5) is 12.7. The van der Waals surface area contributed by atoms with Crippen LogP contribution in [0.1, 0.15) is 21.5 Å². The smallest absolute Gasteiger partial charge is 0.196 e. The zero-order valence-corrected chi connectivity index (χ0v) is 13.1. The number of aryl methyl sites for hydroxylation is 1. The first-order valence-electron chi connectivity index (χ1n) is 6.56. The summed E-state index contributed by atoms with van der Waals surface area (Å²) in [5.74, 6) is 1.08. The van der Waals surface area contributed by atoms with Crippen LogP contribution in [-0.2, 0) is 0 Å². The van der Waals surface area contributed by atoms with Crippen molar-refractivity contribution < 1.29 is 14.3 Å². The van der Waals surface area contributed by atoms with E-state index in [9.17, 15) is 4.79 Å². The van der Waals surface area contributed by atoms with Gasteiger partial charge in [0.1, 0.15) is 13.2 Å². The van der Waals surface area contributed by atoms with Crippen LogP contribution in [-0.4, -0.2) is 19.0 Å². The fraction of sp³-hybridized carbons (Fsp3) is 0.188. The van der Waals surface area contributed by atoms with Crippen molar-refractivity contribution in [3.8, 4) is 11.5 Å². The molecular formula is C16H14BrNO3. The molecule has 3 rings (SSSR count). The molecule has 0 bridgehead atoms. The topological polar surface area (TPSA) is 61.6 Å². The molecule has 0 unspecified atom stereocenters. The third-order valence-corrected chi connectivity index (χ3v) is 3.99. The van der Waals surface area contributed by atoms with Gasteiger partial charge in [0.05, 0.1) is 0 Å². The number of hydrogen-bond acceptors (Lipinski definition) is 4. The van der Waals surface area contributed by atoms with Crippen LogP contribution in [0.4, 0.5) is 5.69 Å². The summed E-state index contributed by atoms with van der Waals surface area (Å²) in [7, 11) is 0. The second-order valence-corrected chi connectivity index (χ2v) is 5.75. The highest BCUT2D eigenvalue weighted by molar-refractivity contribution is 9.10. The molecule has 2 aromatic rings. The lowest BCUT2D eigenvalue weighted by Crippen LogP contribution is -2.16. The average Bonchev–Trinajstić information content (AvgIpc) is 2.48. The van der Waals surface area contributed by atoms with Crippen LogP contribution in [0, 0.1) is 6.92 Å². The van der Waals surface area contributed by atoms with Gasteiger partial charge in [-0.1, -0.05) is 11.6 Å². The van der Waals surface area contributed by atoms with Crippen molar-refractivity contribution >= 4 is 27.4 Å². The van der Waals surface area contributed by atoms with Crippen molar-refractivity contribution in [2.24, 2.45) is 0 Å². The summed E-state index contributed by atoms with van der Waals surface area (Å²) in [5.41, 5.74) is 8.38. The molecule has 0 spiro atoms. The Morgan fingerprint density at radius 1 is 1.10 bits per heavy atom. The van der Waals surface area contributed by atoms with Gasteiger partial charge in [0.25, 0.3) is 0 Å². The van der Waals surface area contributed by atoms with Gasteiger partial charge in [0.2, 0.25) is 0 Å². The number of carbonyl (C=O) groups excluding carboxylic acids is 1. The van der Waals surface area contributed by atoms with E-state index in [1.807, 2.05) is 13.0 Å². The van der Waals surface area contributed by atoms with E-state index in [1.165, 1.54) is 0 Å². The number of nitrogen functional groups attached to an aromatic ring is 1. The molecule has 0 saturated heterocycles. The molecule has 0 aliphatic carbocycles. The maximum absolute atomic E-state index is 12.7. The van der Waals surface area contributed by atoms with Gasteiger partial charge in [-0.3, -0.25) is 4.79 Å². The van der Waals surface area contributed by atoms with E-state index in [1.54, 1.807) is 24.3 Å². The third-order valence-electron chi connectivity index (χ3n) is 3.33. The number of benzene rings is 2. The Balaban J connectivity index is 2.07. The van der Waals surface area contributed by atoms with E-state index in [0.29, 0.717) is 46.0 Å². The minimum atomic E-state index is -0.139. The fourth-order valence-electron chi connectivity index (χ4n) is 2.25. The maximum atomic E-state index is 12.7. The monoisotopic (exact) mass is 347 g/mol. The van der Waals surface area contributed by atoms with Crippen LogP contribution in [0.2, 0.25) is 0 Å². The highest BCUT2D eigenvalue weighted by Gasteiger charge is 2.21. The first-order chi connectivity index (χ1) is 10.1. The van der Waals surface area contributed by atoms with Crippen LogP contribution in [0.25, 0.3) is 0 Å². The van der Waals surface area contributed by atoms with E-state index in [4.69, 9.17) is 15.2 Å². The highest BCUT2D eigenvalue weighted by Crippen LogP contribution is 2.36. The molecular weight excluding hydrogens is 334 g/mol. The van der Waals surface area contributed by atoms with Crippen molar-refractivity contribution in [2.75, 3.05) is 18.9 Å². The number of ketones is 1. The summed E-state index contributed by atoms with van der Waals surface area (Å²) in [6.07, 6.45) is 0. The Hall–Kier alpha value is -2.01. The number of nitrogens with two attached hydrogens (primary N) is 1. The van der Waals surface area contributed by atoms with Gasteiger partial charge in [0, 0.05) is 21.3 Å². The van der Waals surface area contributed by atoms with E-state index in [-0.39, 0.29) is 5.78 Å². The molecule has 0 amide bonds. The van der Waals surface area contributed by atoms with E-state index in [0.717, 1.165) is 5.56 Å². The van der Waals surface area contributed by atoms with E-state index < -0.39 is 0 Å². The number of carbonyl (C=O) groups is 1. The second kappa shape index (κ2) is 5.41. The maximum Gasteiger partial charge on any atom is 0.196 e. The minimum absolute atomic E-state index is 0.139. The van der Waals surface area contributed by atoms with Gasteiger partial charge < -0.3 is 15.2 Å². The number of hydrogen-bond donors (Lipinski definition) is 1. The normalized spacial score (nSPS) is 13.0. The van der Waals surface area contributed by atoms with Crippen LogP contribution < -0.4 is 15.2 Å². The third kappa shape index (κ3) is 2.61. The summed E-state index contributed by atoms with van der Waals surface area (Å²) >= 11 is 3.42. The molecule has 21 heavy (non-hydrogen) atoms. The van der Waals surface area contributed by atoms with E-state index >= 15 is 0 Å². The molecule has 2 N–H and O–H groups in total. The van der Waals surface area contributed by atoms with Gasteiger partial charge in [0.15, 0.2) is 17.3 Å². The molecule has 1 heterocycles. The standard InChI is InChI=1S/C16H14BrNO3/c1-9-2-3-13(18)11(6-9)16(19)10-7-14-15(8-12(10)17)21-5-4-20-14/h2-3,6-8H,4-5,18H2,1H3. The molecule has 0 saturated carbocycles. The van der Waals surface area contributed by atoms with Crippen LogP contribution in [0.5, 0.6) is 11.5 Å². The van der Waals surface area contributed by atoms with Gasteiger partial charge in [-0.05, 0) is 47.1 Å². The minimum Gasteiger partial charge on any atom is -0.486 e. The molecule has 5 heteroatoms. The lowest BCUT2D eigenvalue weighted by atomic mass is 9.99. The summed E-state index contributed by atoms with van der Waals surface area (Å²) in [6.45, 7) is 2.92.